The van der Waals surface area contributed by atoms with Crippen molar-refractivity contribution in [2.24, 2.45) is 0 Å². The Morgan fingerprint density at radius 3 is 2.61 bits per heavy atom. The van der Waals surface area contributed by atoms with Gasteiger partial charge in [0, 0.05) is 0 Å². The van der Waals surface area contributed by atoms with Crippen LogP contribution >= 0.6 is 11.3 Å². The predicted octanol–water partition coefficient (Wildman–Crippen LogP) is 2.99. The normalized spacial score (nSPS) is 12.5. The molecule has 0 radical (unpaired) electrons. The highest BCUT2D eigenvalue weighted by Gasteiger charge is 2.18. The van der Waals surface area contributed by atoms with Gasteiger partial charge in [-0.05, 0) is 31.5 Å². The molecule has 0 aliphatic carbocycles. The van der Waals surface area contributed by atoms with Gasteiger partial charge in [-0.2, -0.15) is 0 Å². The van der Waals surface area contributed by atoms with Crippen molar-refractivity contribution in [2.75, 3.05) is 7.11 Å². The first kappa shape index (κ1) is 13.0. The lowest BCUT2D eigenvalue weighted by atomic mass is 10.1. The van der Waals surface area contributed by atoms with E-state index in [2.05, 4.69) is 4.98 Å². The van der Waals surface area contributed by atoms with Crippen molar-refractivity contribution in [1.29, 1.82) is 0 Å². The maximum atomic E-state index is 13.6. The second-order valence-corrected chi connectivity index (χ2v) is 5.21. The fourth-order valence-electron chi connectivity index (χ4n) is 1.80. The van der Waals surface area contributed by atoms with Crippen molar-refractivity contribution in [1.82, 2.24) is 4.98 Å². The van der Waals surface area contributed by atoms with Gasteiger partial charge >= 0.3 is 0 Å². The molecule has 2 rings (SSSR count). The van der Waals surface area contributed by atoms with E-state index in [0.29, 0.717) is 5.56 Å². The van der Waals surface area contributed by atoms with Gasteiger partial charge in [0.05, 0.1) is 22.7 Å². The van der Waals surface area contributed by atoms with Crippen LogP contribution in [-0.2, 0) is 0 Å². The average Bonchev–Trinajstić information content (AvgIpc) is 2.67. The SMILES string of the molecule is COc1ccc(C(O)c2sc(C)nc2C)cc1F. The number of hydrogen-bond donors (Lipinski definition) is 1. The quantitative estimate of drug-likeness (QED) is 0.929. The molecule has 0 aliphatic heterocycles. The Balaban J connectivity index is 2.37. The largest absolute Gasteiger partial charge is 0.494 e. The van der Waals surface area contributed by atoms with Crippen molar-refractivity contribution >= 4 is 11.3 Å². The van der Waals surface area contributed by atoms with Gasteiger partial charge in [0.15, 0.2) is 11.6 Å². The van der Waals surface area contributed by atoms with Crippen LogP contribution < -0.4 is 4.74 Å². The molecule has 1 N–H and O–H groups in total. The molecule has 18 heavy (non-hydrogen) atoms. The predicted molar refractivity (Wildman–Crippen MR) is 68.6 cm³/mol. The molecule has 1 atom stereocenters. The van der Waals surface area contributed by atoms with E-state index in [0.717, 1.165) is 15.6 Å². The number of aryl methyl sites for hydroxylation is 2. The number of benzene rings is 1. The van der Waals surface area contributed by atoms with E-state index in [1.165, 1.54) is 30.6 Å². The van der Waals surface area contributed by atoms with Gasteiger partial charge in [-0.1, -0.05) is 6.07 Å². The molecule has 96 valence electrons. The van der Waals surface area contributed by atoms with Gasteiger partial charge in [-0.15, -0.1) is 11.3 Å². The molecule has 1 heterocycles. The van der Waals surface area contributed by atoms with Crippen molar-refractivity contribution in [3.8, 4) is 5.75 Å². The zero-order valence-electron chi connectivity index (χ0n) is 10.4. The van der Waals surface area contributed by atoms with Crippen LogP contribution in [-0.4, -0.2) is 17.2 Å². The third kappa shape index (κ3) is 2.37. The smallest absolute Gasteiger partial charge is 0.165 e. The maximum absolute atomic E-state index is 13.6. The van der Waals surface area contributed by atoms with Gasteiger partial charge in [-0.25, -0.2) is 9.37 Å². The third-order valence-electron chi connectivity index (χ3n) is 2.68. The van der Waals surface area contributed by atoms with Crippen molar-refractivity contribution in [3.05, 3.63) is 45.2 Å². The van der Waals surface area contributed by atoms with Crippen molar-refractivity contribution in [3.63, 3.8) is 0 Å². The molecule has 1 aromatic heterocycles. The fourth-order valence-corrected chi connectivity index (χ4v) is 2.75. The molecule has 1 unspecified atom stereocenters. The molecule has 0 aliphatic rings. The molecule has 5 heteroatoms. The molecular weight excluding hydrogens is 253 g/mol. The first-order chi connectivity index (χ1) is 8.52. The topological polar surface area (TPSA) is 42.4 Å². The lowest BCUT2D eigenvalue weighted by molar-refractivity contribution is 0.222. The highest BCUT2D eigenvalue weighted by molar-refractivity contribution is 7.11. The van der Waals surface area contributed by atoms with Gasteiger partial charge in [0.25, 0.3) is 0 Å². The van der Waals surface area contributed by atoms with Crippen LogP contribution in [0.5, 0.6) is 5.75 Å². The first-order valence-corrected chi connectivity index (χ1v) is 6.30. The second-order valence-electron chi connectivity index (χ2n) is 3.98. The number of rotatable bonds is 3. The maximum Gasteiger partial charge on any atom is 0.165 e. The number of aliphatic hydroxyl groups excluding tert-OH is 1. The summed E-state index contributed by atoms with van der Waals surface area (Å²) in [6.45, 7) is 3.71. The number of nitrogens with zero attached hydrogens (tertiary/aromatic N) is 1. The fraction of sp³-hybridized carbons (Fsp3) is 0.308. The van der Waals surface area contributed by atoms with Crippen molar-refractivity contribution < 1.29 is 14.2 Å². The Kier molecular flexibility index (Phi) is 3.63. The molecule has 0 saturated heterocycles. The van der Waals surface area contributed by atoms with Gasteiger partial charge in [0.1, 0.15) is 6.10 Å². The Labute approximate surface area is 109 Å². The van der Waals surface area contributed by atoms with E-state index < -0.39 is 11.9 Å². The van der Waals surface area contributed by atoms with Gasteiger partial charge in [0.2, 0.25) is 0 Å². The summed E-state index contributed by atoms with van der Waals surface area (Å²) in [4.78, 5) is 5.00. The van der Waals surface area contributed by atoms with Crippen LogP contribution in [0.1, 0.15) is 27.2 Å². The summed E-state index contributed by atoms with van der Waals surface area (Å²) in [5.74, 6) is -0.309. The standard InChI is InChI=1S/C13H14FNO2S/c1-7-13(18-8(2)15-7)12(16)9-4-5-11(17-3)10(14)6-9/h4-6,12,16H,1-3H3. The zero-order chi connectivity index (χ0) is 13.3. The van der Waals surface area contributed by atoms with Crippen molar-refractivity contribution in [2.45, 2.75) is 20.0 Å². The number of hydrogen-bond acceptors (Lipinski definition) is 4. The molecule has 0 spiro atoms. The van der Waals surface area contributed by atoms with Gasteiger partial charge < -0.3 is 9.84 Å². The first-order valence-electron chi connectivity index (χ1n) is 5.48. The molecule has 2 aromatic rings. The zero-order valence-corrected chi connectivity index (χ0v) is 11.2. The Morgan fingerprint density at radius 2 is 2.11 bits per heavy atom. The number of methoxy groups -OCH3 is 1. The van der Waals surface area contributed by atoms with Crippen LogP contribution in [0.25, 0.3) is 0 Å². The summed E-state index contributed by atoms with van der Waals surface area (Å²) >= 11 is 1.42. The minimum Gasteiger partial charge on any atom is -0.494 e. The van der Waals surface area contributed by atoms with Crippen LogP contribution in [0.15, 0.2) is 18.2 Å². The lowest BCUT2D eigenvalue weighted by Gasteiger charge is -2.11. The average molecular weight is 267 g/mol. The third-order valence-corrected chi connectivity index (χ3v) is 3.80. The Bertz CT molecular complexity index is 568. The van der Waals surface area contributed by atoms with E-state index in [9.17, 15) is 9.50 Å². The summed E-state index contributed by atoms with van der Waals surface area (Å²) in [6, 6.07) is 4.45. The Morgan fingerprint density at radius 1 is 1.39 bits per heavy atom. The van der Waals surface area contributed by atoms with E-state index in [-0.39, 0.29) is 5.75 Å². The molecule has 0 fully saturated rings. The summed E-state index contributed by atoms with van der Waals surface area (Å²) < 4.78 is 18.4. The van der Waals surface area contributed by atoms with Gasteiger partial charge in [-0.3, -0.25) is 0 Å². The number of ether oxygens (including phenoxy) is 1. The number of thiazole rings is 1. The molecule has 1 aromatic carbocycles. The minimum atomic E-state index is -0.850. The molecule has 3 nitrogen and oxygen atoms in total. The highest BCUT2D eigenvalue weighted by Crippen LogP contribution is 2.31. The number of aromatic nitrogens is 1. The lowest BCUT2D eigenvalue weighted by Crippen LogP contribution is -2.00. The summed E-state index contributed by atoms with van der Waals surface area (Å²) in [5.41, 5.74) is 1.28. The summed E-state index contributed by atoms with van der Waals surface area (Å²) in [5, 5.41) is 11.1. The van der Waals surface area contributed by atoms with Crippen LogP contribution in [0, 0.1) is 19.7 Å². The number of aliphatic hydroxyl groups is 1. The van der Waals surface area contributed by atoms with E-state index in [1.807, 2.05) is 13.8 Å². The van der Waals surface area contributed by atoms with E-state index >= 15 is 0 Å². The molecular formula is C13H14FNO2S. The van der Waals surface area contributed by atoms with Crippen LogP contribution in [0.2, 0.25) is 0 Å². The summed E-state index contributed by atoms with van der Waals surface area (Å²) in [7, 11) is 1.41. The van der Waals surface area contributed by atoms with Crippen LogP contribution in [0.3, 0.4) is 0 Å². The highest BCUT2D eigenvalue weighted by atomic mass is 32.1. The van der Waals surface area contributed by atoms with E-state index in [1.54, 1.807) is 6.07 Å². The number of halogens is 1. The summed E-state index contributed by atoms with van der Waals surface area (Å²) in [6.07, 6.45) is -0.850. The minimum absolute atomic E-state index is 0.170. The van der Waals surface area contributed by atoms with Crippen LogP contribution in [0.4, 0.5) is 4.39 Å². The van der Waals surface area contributed by atoms with E-state index in [4.69, 9.17) is 4.74 Å². The second kappa shape index (κ2) is 5.04. The molecule has 0 amide bonds. The molecule has 0 bridgehead atoms. The monoisotopic (exact) mass is 267 g/mol. The molecule has 0 saturated carbocycles. The Hall–Kier alpha value is -1.46.